The number of halogens is 1. The minimum Gasteiger partial charge on any atom is -0.458 e. The minimum atomic E-state index is -0.348. The van der Waals surface area contributed by atoms with Crippen LogP contribution in [0.5, 0.6) is 0 Å². The topological polar surface area (TPSA) is 85.0 Å². The fraction of sp³-hybridized carbons (Fsp3) is 0.462. The number of hydrogen-bond donors (Lipinski definition) is 2. The molecule has 1 saturated heterocycles. The molecule has 2 aromatic heterocycles. The minimum absolute atomic E-state index is 0.224. The van der Waals surface area contributed by atoms with Gasteiger partial charge in [0, 0.05) is 13.0 Å². The van der Waals surface area contributed by atoms with Gasteiger partial charge in [0.05, 0.1) is 10.7 Å². The number of piperidine rings is 1. The van der Waals surface area contributed by atoms with Gasteiger partial charge in [-0.15, -0.1) is 0 Å². The summed E-state index contributed by atoms with van der Waals surface area (Å²) in [6, 6.07) is 1.67. The zero-order valence-electron chi connectivity index (χ0n) is 11.6. The van der Waals surface area contributed by atoms with E-state index in [0.29, 0.717) is 16.3 Å². The second kappa shape index (κ2) is 5.98. The van der Waals surface area contributed by atoms with E-state index in [1.807, 2.05) is 0 Å². The van der Waals surface area contributed by atoms with Crippen LogP contribution >= 0.6 is 15.9 Å². The van der Waals surface area contributed by atoms with Crippen molar-refractivity contribution in [2.24, 2.45) is 7.05 Å². The first-order valence-electron chi connectivity index (χ1n) is 6.81. The highest BCUT2D eigenvalue weighted by Gasteiger charge is 2.22. The highest BCUT2D eigenvalue weighted by Crippen LogP contribution is 2.24. The van der Waals surface area contributed by atoms with Gasteiger partial charge in [0.15, 0.2) is 5.82 Å². The molecule has 0 aromatic carbocycles. The van der Waals surface area contributed by atoms with Crippen LogP contribution in [-0.4, -0.2) is 33.8 Å². The molecule has 8 heteroatoms. The number of aromatic nitrogens is 3. The van der Waals surface area contributed by atoms with Gasteiger partial charge >= 0.3 is 0 Å². The molecular formula is C13H16BrN5O2. The zero-order valence-corrected chi connectivity index (χ0v) is 13.2. The molecule has 0 unspecified atom stereocenters. The van der Waals surface area contributed by atoms with Crippen molar-refractivity contribution >= 4 is 27.8 Å². The number of rotatable bonds is 3. The van der Waals surface area contributed by atoms with Gasteiger partial charge in [-0.1, -0.05) is 0 Å². The van der Waals surface area contributed by atoms with E-state index in [-0.39, 0.29) is 11.7 Å². The predicted octanol–water partition coefficient (Wildman–Crippen LogP) is 1.89. The van der Waals surface area contributed by atoms with E-state index in [9.17, 15) is 4.79 Å². The molecule has 7 nitrogen and oxygen atoms in total. The van der Waals surface area contributed by atoms with Gasteiger partial charge in [-0.25, -0.2) is 4.68 Å². The van der Waals surface area contributed by atoms with Crippen molar-refractivity contribution in [3.63, 3.8) is 0 Å². The highest BCUT2D eigenvalue weighted by atomic mass is 79.9. The lowest BCUT2D eigenvalue weighted by Crippen LogP contribution is -2.27. The number of anilines is 1. The Labute approximate surface area is 130 Å². The SMILES string of the molecule is Cn1nc(C2CCNCC2)nc1NC(=O)c1occc1Br. The number of carbonyl (C=O) groups excluding carboxylic acids is 1. The van der Waals surface area contributed by atoms with Crippen LogP contribution in [0.25, 0.3) is 0 Å². The lowest BCUT2D eigenvalue weighted by atomic mass is 9.98. The quantitative estimate of drug-likeness (QED) is 0.879. The molecule has 0 aliphatic carbocycles. The fourth-order valence-corrected chi connectivity index (χ4v) is 2.76. The van der Waals surface area contributed by atoms with Crippen LogP contribution in [0, 0.1) is 0 Å². The maximum absolute atomic E-state index is 12.1. The van der Waals surface area contributed by atoms with Gasteiger partial charge in [-0.3, -0.25) is 10.1 Å². The maximum atomic E-state index is 12.1. The van der Waals surface area contributed by atoms with Crippen LogP contribution in [0.15, 0.2) is 21.2 Å². The highest BCUT2D eigenvalue weighted by molar-refractivity contribution is 9.10. The number of hydrogen-bond acceptors (Lipinski definition) is 5. The molecule has 21 heavy (non-hydrogen) atoms. The van der Waals surface area contributed by atoms with Crippen molar-refractivity contribution in [2.75, 3.05) is 18.4 Å². The van der Waals surface area contributed by atoms with Crippen LogP contribution in [0.3, 0.4) is 0 Å². The summed E-state index contributed by atoms with van der Waals surface area (Å²) in [5.41, 5.74) is 0. The lowest BCUT2D eigenvalue weighted by molar-refractivity contribution is 0.0994. The lowest BCUT2D eigenvalue weighted by Gasteiger charge is -2.19. The average molecular weight is 354 g/mol. The summed E-state index contributed by atoms with van der Waals surface area (Å²) in [5.74, 6) is 1.43. The molecule has 2 aromatic rings. The monoisotopic (exact) mass is 353 g/mol. The summed E-state index contributed by atoms with van der Waals surface area (Å²) in [7, 11) is 1.77. The van der Waals surface area contributed by atoms with Crippen LogP contribution in [0.1, 0.15) is 35.1 Å². The maximum Gasteiger partial charge on any atom is 0.294 e. The molecule has 1 aliphatic heterocycles. The van der Waals surface area contributed by atoms with E-state index in [1.54, 1.807) is 17.8 Å². The van der Waals surface area contributed by atoms with Crippen molar-refractivity contribution in [2.45, 2.75) is 18.8 Å². The van der Waals surface area contributed by atoms with Gasteiger partial charge in [0.2, 0.25) is 11.7 Å². The van der Waals surface area contributed by atoms with E-state index < -0.39 is 0 Å². The molecule has 3 heterocycles. The van der Waals surface area contributed by atoms with Crippen LogP contribution in [0.4, 0.5) is 5.95 Å². The third-order valence-electron chi connectivity index (χ3n) is 3.53. The predicted molar refractivity (Wildman–Crippen MR) is 80.2 cm³/mol. The summed E-state index contributed by atoms with van der Waals surface area (Å²) in [4.78, 5) is 16.6. The molecule has 0 radical (unpaired) electrons. The fourth-order valence-electron chi connectivity index (χ4n) is 2.38. The van der Waals surface area contributed by atoms with E-state index in [4.69, 9.17) is 4.42 Å². The largest absolute Gasteiger partial charge is 0.458 e. The Morgan fingerprint density at radius 3 is 2.95 bits per heavy atom. The van der Waals surface area contributed by atoms with E-state index in [2.05, 4.69) is 36.6 Å². The van der Waals surface area contributed by atoms with Crippen LogP contribution in [0.2, 0.25) is 0 Å². The molecule has 0 atom stereocenters. The number of carbonyl (C=O) groups is 1. The Balaban J connectivity index is 1.75. The number of furan rings is 1. The Hall–Kier alpha value is -1.67. The molecule has 1 fully saturated rings. The summed E-state index contributed by atoms with van der Waals surface area (Å²) in [6.07, 6.45) is 3.48. The Morgan fingerprint density at radius 2 is 2.29 bits per heavy atom. The normalized spacial score (nSPS) is 16.1. The van der Waals surface area contributed by atoms with Gasteiger partial charge < -0.3 is 9.73 Å². The summed E-state index contributed by atoms with van der Waals surface area (Å²) >= 11 is 3.26. The molecule has 0 bridgehead atoms. The van der Waals surface area contributed by atoms with E-state index in [1.165, 1.54) is 6.26 Å². The first kappa shape index (κ1) is 14.3. The first-order chi connectivity index (χ1) is 10.1. The van der Waals surface area contributed by atoms with Gasteiger partial charge in [0.1, 0.15) is 0 Å². The number of nitrogens with one attached hydrogen (secondary N) is 2. The van der Waals surface area contributed by atoms with Crippen molar-refractivity contribution in [1.29, 1.82) is 0 Å². The van der Waals surface area contributed by atoms with Crippen molar-refractivity contribution in [3.05, 3.63) is 28.4 Å². The molecule has 112 valence electrons. The summed E-state index contributed by atoms with van der Waals surface area (Å²) < 4.78 is 7.34. The third kappa shape index (κ3) is 3.01. The summed E-state index contributed by atoms with van der Waals surface area (Å²) in [5, 5.41) is 10.4. The zero-order chi connectivity index (χ0) is 14.8. The smallest absolute Gasteiger partial charge is 0.294 e. The standard InChI is InChI=1S/C13H16BrN5O2/c1-19-13(17-12(20)10-9(14)4-7-21-10)16-11(18-19)8-2-5-15-6-3-8/h4,7-8,15H,2-3,5-6H2,1H3,(H,16,17,18,20). The van der Waals surface area contributed by atoms with E-state index >= 15 is 0 Å². The van der Waals surface area contributed by atoms with Crippen LogP contribution in [-0.2, 0) is 7.05 Å². The Morgan fingerprint density at radius 1 is 1.52 bits per heavy atom. The Bertz CT molecular complexity index is 645. The first-order valence-corrected chi connectivity index (χ1v) is 7.60. The van der Waals surface area contributed by atoms with E-state index in [0.717, 1.165) is 31.8 Å². The van der Waals surface area contributed by atoms with Gasteiger partial charge in [-0.2, -0.15) is 10.1 Å². The van der Waals surface area contributed by atoms with Gasteiger partial charge in [0.25, 0.3) is 5.91 Å². The number of amides is 1. The van der Waals surface area contributed by atoms with Gasteiger partial charge in [-0.05, 0) is 47.9 Å². The second-order valence-electron chi connectivity index (χ2n) is 4.99. The van der Waals surface area contributed by atoms with Crippen molar-refractivity contribution < 1.29 is 9.21 Å². The average Bonchev–Trinajstić information content (AvgIpc) is 3.07. The summed E-state index contributed by atoms with van der Waals surface area (Å²) in [6.45, 7) is 1.95. The van der Waals surface area contributed by atoms with Crippen molar-refractivity contribution in [1.82, 2.24) is 20.1 Å². The molecule has 0 saturated carbocycles. The molecule has 2 N–H and O–H groups in total. The number of aryl methyl sites for hydroxylation is 1. The third-order valence-corrected chi connectivity index (χ3v) is 4.16. The molecular weight excluding hydrogens is 338 g/mol. The molecule has 1 aliphatic rings. The molecule has 0 spiro atoms. The molecule has 3 rings (SSSR count). The second-order valence-corrected chi connectivity index (χ2v) is 5.85. The van der Waals surface area contributed by atoms with Crippen LogP contribution < -0.4 is 10.6 Å². The molecule has 1 amide bonds. The number of nitrogens with zero attached hydrogens (tertiary/aromatic N) is 3. The Kier molecular flexibility index (Phi) is 4.07. The van der Waals surface area contributed by atoms with Crippen molar-refractivity contribution in [3.8, 4) is 0 Å².